The van der Waals surface area contributed by atoms with Crippen LogP contribution in [0.2, 0.25) is 0 Å². The van der Waals surface area contributed by atoms with Gasteiger partial charge in [-0.05, 0) is 49.4 Å². The van der Waals surface area contributed by atoms with E-state index in [2.05, 4.69) is 5.10 Å². The van der Waals surface area contributed by atoms with Crippen molar-refractivity contribution in [3.8, 4) is 28.2 Å². The Kier molecular flexibility index (Phi) is 7.88. The van der Waals surface area contributed by atoms with E-state index in [-0.39, 0.29) is 12.0 Å². The first-order valence-corrected chi connectivity index (χ1v) is 13.3. The Hall–Kier alpha value is -4.24. The van der Waals surface area contributed by atoms with Gasteiger partial charge >= 0.3 is 0 Å². The van der Waals surface area contributed by atoms with Crippen LogP contribution in [-0.2, 0) is 23.0 Å². The van der Waals surface area contributed by atoms with Gasteiger partial charge < -0.3 is 15.4 Å². The zero-order valence-corrected chi connectivity index (χ0v) is 22.4. The van der Waals surface area contributed by atoms with Gasteiger partial charge in [-0.15, -0.1) is 0 Å². The summed E-state index contributed by atoms with van der Waals surface area (Å²) in [6, 6.07) is 15.4. The highest BCUT2D eigenvalue weighted by atomic mass is 16.5. The van der Waals surface area contributed by atoms with Crippen LogP contribution in [0.1, 0.15) is 41.7 Å². The number of nitrogens with two attached hydrogens (primary N) is 1. The van der Waals surface area contributed by atoms with Crippen molar-refractivity contribution < 1.29 is 14.3 Å². The SMILES string of the molecule is COC1CCN(C(=O)CCCc2cn(-c3ccccc3)c(-c3c(C(N)=O)cccc3-c3cnn(C)c3)n2)CC1. The molecule has 2 aromatic heterocycles. The second-order valence-corrected chi connectivity index (χ2v) is 9.93. The number of rotatable bonds is 9. The van der Waals surface area contributed by atoms with Crippen LogP contribution < -0.4 is 5.73 Å². The van der Waals surface area contributed by atoms with Crippen molar-refractivity contribution in [2.45, 2.75) is 38.2 Å². The Bertz CT molecular complexity index is 1450. The molecule has 0 aliphatic carbocycles. The molecule has 0 saturated carbocycles. The van der Waals surface area contributed by atoms with Crippen LogP contribution in [0.25, 0.3) is 28.2 Å². The molecule has 9 heteroatoms. The number of hydrogen-bond acceptors (Lipinski definition) is 5. The first-order valence-electron chi connectivity index (χ1n) is 13.3. The molecular formula is C30H34N6O3. The van der Waals surface area contributed by atoms with E-state index in [0.717, 1.165) is 48.4 Å². The van der Waals surface area contributed by atoms with Gasteiger partial charge in [-0.1, -0.05) is 30.3 Å². The molecule has 0 unspecified atom stereocenters. The average molecular weight is 527 g/mol. The summed E-state index contributed by atoms with van der Waals surface area (Å²) >= 11 is 0. The van der Waals surface area contributed by atoms with Crippen LogP contribution in [0, 0.1) is 0 Å². The predicted molar refractivity (Wildman–Crippen MR) is 149 cm³/mol. The number of amides is 2. The summed E-state index contributed by atoms with van der Waals surface area (Å²) < 4.78 is 9.14. The number of benzene rings is 2. The van der Waals surface area contributed by atoms with Gasteiger partial charge in [-0.2, -0.15) is 5.10 Å². The number of primary amides is 1. The summed E-state index contributed by atoms with van der Waals surface area (Å²) in [5, 5.41) is 4.32. The number of ether oxygens (including phenoxy) is 1. The predicted octanol–water partition coefficient (Wildman–Crippen LogP) is 4.00. The maximum atomic E-state index is 12.8. The minimum Gasteiger partial charge on any atom is -0.381 e. The lowest BCUT2D eigenvalue weighted by molar-refractivity contribution is -0.133. The van der Waals surface area contributed by atoms with E-state index in [1.165, 1.54) is 0 Å². The second kappa shape index (κ2) is 11.7. The van der Waals surface area contributed by atoms with Crippen LogP contribution in [0.3, 0.4) is 0 Å². The van der Waals surface area contributed by atoms with Crippen molar-refractivity contribution in [2.24, 2.45) is 12.8 Å². The highest BCUT2D eigenvalue weighted by Crippen LogP contribution is 2.36. The molecule has 1 aliphatic heterocycles. The molecule has 39 heavy (non-hydrogen) atoms. The number of imidazole rings is 1. The second-order valence-electron chi connectivity index (χ2n) is 9.93. The number of likely N-dealkylation sites (tertiary alicyclic amines) is 1. The molecule has 0 atom stereocenters. The van der Waals surface area contributed by atoms with Crippen LogP contribution in [0.15, 0.2) is 67.1 Å². The first kappa shape index (κ1) is 26.4. The van der Waals surface area contributed by atoms with Crippen LogP contribution >= 0.6 is 0 Å². The monoisotopic (exact) mass is 526 g/mol. The average Bonchev–Trinajstić information content (AvgIpc) is 3.59. The van der Waals surface area contributed by atoms with E-state index >= 15 is 0 Å². The molecule has 9 nitrogen and oxygen atoms in total. The number of carbonyl (C=O) groups excluding carboxylic acids is 2. The molecule has 0 spiro atoms. The Morgan fingerprint density at radius 2 is 1.82 bits per heavy atom. The number of methoxy groups -OCH3 is 1. The number of piperidine rings is 1. The Morgan fingerprint density at radius 3 is 2.49 bits per heavy atom. The third-order valence-electron chi connectivity index (χ3n) is 7.31. The molecule has 1 saturated heterocycles. The van der Waals surface area contributed by atoms with Gasteiger partial charge in [-0.25, -0.2) is 4.98 Å². The summed E-state index contributed by atoms with van der Waals surface area (Å²) in [5.41, 5.74) is 10.3. The molecule has 2 aromatic carbocycles. The normalized spacial score (nSPS) is 14.1. The highest BCUT2D eigenvalue weighted by molar-refractivity contribution is 6.03. The van der Waals surface area contributed by atoms with Crippen LogP contribution in [0.4, 0.5) is 0 Å². The molecule has 2 N–H and O–H groups in total. The summed E-state index contributed by atoms with van der Waals surface area (Å²) in [6.07, 6.45) is 9.44. The number of hydrogen-bond donors (Lipinski definition) is 1. The van der Waals surface area contributed by atoms with E-state index < -0.39 is 5.91 Å². The lowest BCUT2D eigenvalue weighted by atomic mass is 9.96. The quantitative estimate of drug-likeness (QED) is 0.355. The molecule has 1 fully saturated rings. The van der Waals surface area contributed by atoms with Crippen molar-refractivity contribution in [1.29, 1.82) is 0 Å². The van der Waals surface area contributed by atoms with Gasteiger partial charge in [-0.3, -0.25) is 18.8 Å². The smallest absolute Gasteiger partial charge is 0.249 e. The zero-order valence-electron chi connectivity index (χ0n) is 22.4. The molecule has 1 aliphatic rings. The minimum atomic E-state index is -0.525. The zero-order chi connectivity index (χ0) is 27.4. The highest BCUT2D eigenvalue weighted by Gasteiger charge is 2.24. The van der Waals surface area contributed by atoms with Gasteiger partial charge in [0.1, 0.15) is 5.82 Å². The van der Waals surface area contributed by atoms with Gasteiger partial charge in [0.15, 0.2) is 0 Å². The molecule has 4 aromatic rings. The maximum Gasteiger partial charge on any atom is 0.249 e. The fourth-order valence-corrected chi connectivity index (χ4v) is 5.23. The summed E-state index contributed by atoms with van der Waals surface area (Å²) in [6.45, 7) is 1.48. The fraction of sp³-hybridized carbons (Fsp3) is 0.333. The van der Waals surface area contributed by atoms with E-state index in [9.17, 15) is 9.59 Å². The van der Waals surface area contributed by atoms with Gasteiger partial charge in [0.2, 0.25) is 11.8 Å². The molecule has 202 valence electrons. The molecule has 0 bridgehead atoms. The number of nitrogens with zero attached hydrogens (tertiary/aromatic N) is 5. The molecular weight excluding hydrogens is 492 g/mol. The van der Waals surface area contributed by atoms with Gasteiger partial charge in [0.05, 0.1) is 23.6 Å². The molecule has 5 rings (SSSR count). The summed E-state index contributed by atoms with van der Waals surface area (Å²) in [7, 11) is 3.58. The van der Waals surface area contributed by atoms with Crippen LogP contribution in [0.5, 0.6) is 0 Å². The molecule has 2 amide bonds. The Balaban J connectivity index is 1.46. The van der Waals surface area contributed by atoms with E-state index in [4.69, 9.17) is 15.5 Å². The van der Waals surface area contributed by atoms with Crippen molar-refractivity contribution in [3.63, 3.8) is 0 Å². The number of aryl methyl sites for hydroxylation is 2. The maximum absolute atomic E-state index is 12.8. The number of para-hydroxylation sites is 1. The lowest BCUT2D eigenvalue weighted by Gasteiger charge is -2.31. The van der Waals surface area contributed by atoms with E-state index in [0.29, 0.717) is 36.2 Å². The van der Waals surface area contributed by atoms with Gasteiger partial charge in [0.25, 0.3) is 0 Å². The molecule has 0 radical (unpaired) electrons. The summed E-state index contributed by atoms with van der Waals surface area (Å²) in [5.74, 6) is 0.269. The topological polar surface area (TPSA) is 108 Å². The third-order valence-corrected chi connectivity index (χ3v) is 7.31. The Morgan fingerprint density at radius 1 is 1.05 bits per heavy atom. The third kappa shape index (κ3) is 5.78. The largest absolute Gasteiger partial charge is 0.381 e. The number of aromatic nitrogens is 4. The van der Waals surface area contributed by atoms with Crippen molar-refractivity contribution in [3.05, 3.63) is 78.4 Å². The van der Waals surface area contributed by atoms with Crippen LogP contribution in [-0.4, -0.2) is 62.3 Å². The van der Waals surface area contributed by atoms with E-state index in [1.54, 1.807) is 24.1 Å². The van der Waals surface area contributed by atoms with Crippen molar-refractivity contribution >= 4 is 11.8 Å². The Labute approximate surface area is 228 Å². The summed E-state index contributed by atoms with van der Waals surface area (Å²) in [4.78, 5) is 32.4. The fourth-order valence-electron chi connectivity index (χ4n) is 5.23. The molecule has 3 heterocycles. The minimum absolute atomic E-state index is 0.171. The van der Waals surface area contributed by atoms with Gasteiger partial charge in [0, 0.05) is 62.9 Å². The first-order chi connectivity index (χ1) is 18.9. The van der Waals surface area contributed by atoms with Crippen molar-refractivity contribution in [2.75, 3.05) is 20.2 Å². The van der Waals surface area contributed by atoms with Crippen molar-refractivity contribution in [1.82, 2.24) is 24.2 Å². The van der Waals surface area contributed by atoms with E-state index in [1.807, 2.05) is 71.4 Å². The lowest BCUT2D eigenvalue weighted by Crippen LogP contribution is -2.40. The number of carbonyl (C=O) groups is 2. The standard InChI is InChI=1S/C30H34N6O3/c1-34-19-21(18-32-34)25-11-7-12-26(29(31)38)28(25)30-33-22(20-36(30)23-9-4-3-5-10-23)8-6-13-27(37)35-16-14-24(39-2)15-17-35/h3-5,7,9-12,18-20,24H,6,8,13-17H2,1-2H3,(H2,31,38).